The van der Waals surface area contributed by atoms with Gasteiger partial charge in [-0.1, -0.05) is 24.3 Å². The summed E-state index contributed by atoms with van der Waals surface area (Å²) in [5.74, 6) is 0.669. The molecule has 1 heterocycles. The van der Waals surface area contributed by atoms with Crippen molar-refractivity contribution in [2.24, 2.45) is 0 Å². The summed E-state index contributed by atoms with van der Waals surface area (Å²) in [4.78, 5) is 3.84. The summed E-state index contributed by atoms with van der Waals surface area (Å²) in [7, 11) is 0. The molecule has 0 aliphatic carbocycles. The molecule has 1 aromatic carbocycles. The smallest absolute Gasteiger partial charge is 0.119 e. The second kappa shape index (κ2) is 7.80. The van der Waals surface area contributed by atoms with Gasteiger partial charge in [-0.25, -0.2) is 0 Å². The van der Waals surface area contributed by atoms with Crippen LogP contribution in [0.2, 0.25) is 0 Å². The van der Waals surface area contributed by atoms with E-state index in [1.807, 2.05) is 12.1 Å². The van der Waals surface area contributed by atoms with E-state index in [1.165, 1.54) is 4.88 Å². The molecule has 0 amide bonds. The maximum Gasteiger partial charge on any atom is 0.119 e. The molecule has 1 unspecified atom stereocenters. The lowest BCUT2D eigenvalue weighted by Gasteiger charge is -2.32. The van der Waals surface area contributed by atoms with Crippen LogP contribution in [-0.2, 0) is 0 Å². The molecule has 0 spiro atoms. The minimum atomic E-state index is 0.265. The molecule has 22 heavy (non-hydrogen) atoms. The van der Waals surface area contributed by atoms with Crippen molar-refractivity contribution in [3.05, 3.63) is 52.2 Å². The topological polar surface area (TPSA) is 23.5 Å². The Morgan fingerprint density at radius 2 is 1.68 bits per heavy atom. The Balaban J connectivity index is 2.22. The zero-order valence-corrected chi connectivity index (χ0v) is 14.8. The molecule has 3 heteroatoms. The van der Waals surface area contributed by atoms with Gasteiger partial charge in [-0.2, -0.15) is 0 Å². The average molecular weight is 317 g/mol. The van der Waals surface area contributed by atoms with Crippen LogP contribution in [0.5, 0.6) is 5.75 Å². The van der Waals surface area contributed by atoms with Crippen molar-refractivity contribution in [2.75, 3.05) is 6.54 Å². The van der Waals surface area contributed by atoms with Crippen LogP contribution in [-0.4, -0.2) is 28.6 Å². The summed E-state index contributed by atoms with van der Waals surface area (Å²) < 4.78 is 0. The maximum atomic E-state index is 10.3. The molecule has 0 bridgehead atoms. The van der Waals surface area contributed by atoms with Crippen molar-refractivity contribution < 1.29 is 5.11 Å². The quantitative estimate of drug-likeness (QED) is 0.768. The van der Waals surface area contributed by atoms with Crippen molar-refractivity contribution in [3.63, 3.8) is 0 Å². The number of thiophene rings is 1. The molecular formula is C19H27NOS. The number of hydrogen-bond donors (Lipinski definition) is 1. The van der Waals surface area contributed by atoms with Crippen LogP contribution in [0, 0.1) is 0 Å². The van der Waals surface area contributed by atoms with Crippen LogP contribution in [0.4, 0.5) is 0 Å². The fourth-order valence-electron chi connectivity index (χ4n) is 3.11. The van der Waals surface area contributed by atoms with Gasteiger partial charge in [0.2, 0.25) is 0 Å². The number of nitrogens with zero attached hydrogens (tertiary/aromatic N) is 1. The summed E-state index contributed by atoms with van der Waals surface area (Å²) in [6.45, 7) is 10.0. The van der Waals surface area contributed by atoms with Crippen molar-refractivity contribution in [1.82, 2.24) is 4.90 Å². The maximum absolute atomic E-state index is 10.3. The van der Waals surface area contributed by atoms with E-state index in [-0.39, 0.29) is 5.92 Å². The fourth-order valence-corrected chi connectivity index (χ4v) is 3.99. The lowest BCUT2D eigenvalue weighted by molar-refractivity contribution is 0.170. The Hall–Kier alpha value is -1.32. The van der Waals surface area contributed by atoms with Gasteiger partial charge in [0.05, 0.1) is 0 Å². The molecule has 0 radical (unpaired) electrons. The molecule has 120 valence electrons. The second-order valence-electron chi connectivity index (χ2n) is 6.34. The van der Waals surface area contributed by atoms with Crippen LogP contribution < -0.4 is 0 Å². The Kier molecular flexibility index (Phi) is 6.04. The highest BCUT2D eigenvalue weighted by Gasteiger charge is 2.21. The Labute approximate surface area is 138 Å². The van der Waals surface area contributed by atoms with E-state index in [1.54, 1.807) is 17.4 Å². The van der Waals surface area contributed by atoms with Gasteiger partial charge < -0.3 is 5.11 Å². The number of phenols is 1. The third-order valence-corrected chi connectivity index (χ3v) is 5.19. The highest BCUT2D eigenvalue weighted by atomic mass is 32.1. The van der Waals surface area contributed by atoms with Crippen LogP contribution in [0.15, 0.2) is 41.8 Å². The number of aromatic hydroxyl groups is 1. The molecule has 0 saturated carbocycles. The van der Waals surface area contributed by atoms with Gasteiger partial charge >= 0.3 is 0 Å². The van der Waals surface area contributed by atoms with E-state index >= 15 is 0 Å². The first-order valence-corrected chi connectivity index (χ1v) is 8.95. The molecule has 1 N–H and O–H groups in total. The lowest BCUT2D eigenvalue weighted by atomic mass is 9.92. The summed E-state index contributed by atoms with van der Waals surface area (Å²) in [6.07, 6.45) is 1.02. The first-order valence-electron chi connectivity index (χ1n) is 8.07. The van der Waals surface area contributed by atoms with Gasteiger partial charge in [0.25, 0.3) is 0 Å². The molecule has 2 nitrogen and oxygen atoms in total. The number of benzene rings is 1. The SMILES string of the molecule is CC(C)N(CCC(c1cccs1)c1ccccc1O)C(C)C. The number of hydrogen-bond acceptors (Lipinski definition) is 3. The minimum Gasteiger partial charge on any atom is -0.508 e. The highest BCUT2D eigenvalue weighted by Crippen LogP contribution is 2.36. The molecule has 2 aromatic rings. The van der Waals surface area contributed by atoms with Gasteiger partial charge in [0.1, 0.15) is 5.75 Å². The van der Waals surface area contributed by atoms with Crippen molar-refractivity contribution in [3.8, 4) is 5.75 Å². The molecule has 2 rings (SSSR count). The molecule has 1 aromatic heterocycles. The predicted octanol–water partition coefficient (Wildman–Crippen LogP) is 5.09. The first-order chi connectivity index (χ1) is 10.5. The molecular weight excluding hydrogens is 290 g/mol. The van der Waals surface area contributed by atoms with Crippen LogP contribution in [0.3, 0.4) is 0 Å². The van der Waals surface area contributed by atoms with Gasteiger partial charge in [-0.15, -0.1) is 11.3 Å². The van der Waals surface area contributed by atoms with Crippen molar-refractivity contribution in [1.29, 1.82) is 0 Å². The molecule has 0 aliphatic heterocycles. The largest absolute Gasteiger partial charge is 0.508 e. The van der Waals surface area contributed by atoms with Crippen LogP contribution in [0.1, 0.15) is 50.5 Å². The van der Waals surface area contributed by atoms with Crippen molar-refractivity contribution >= 4 is 11.3 Å². The standard InChI is InChI=1S/C19H27NOS/c1-14(2)20(15(3)4)12-11-17(19-10-7-13-22-19)16-8-5-6-9-18(16)21/h5-10,13-15,17,21H,11-12H2,1-4H3. The Morgan fingerprint density at radius 3 is 2.23 bits per heavy atom. The van der Waals surface area contributed by atoms with E-state index in [0.29, 0.717) is 17.8 Å². The third-order valence-electron chi connectivity index (χ3n) is 4.20. The Morgan fingerprint density at radius 1 is 1.00 bits per heavy atom. The minimum absolute atomic E-state index is 0.265. The summed E-state index contributed by atoms with van der Waals surface area (Å²) in [5.41, 5.74) is 1.04. The molecule has 0 fully saturated rings. The summed E-state index contributed by atoms with van der Waals surface area (Å²) >= 11 is 1.77. The van der Waals surface area contributed by atoms with Crippen molar-refractivity contribution in [2.45, 2.75) is 52.1 Å². The van der Waals surface area contributed by atoms with Crippen LogP contribution >= 0.6 is 11.3 Å². The highest BCUT2D eigenvalue weighted by molar-refractivity contribution is 7.10. The van der Waals surface area contributed by atoms with E-state index in [4.69, 9.17) is 0 Å². The normalized spacial score (nSPS) is 13.2. The average Bonchev–Trinajstić information content (AvgIpc) is 2.98. The molecule has 0 aliphatic rings. The van der Waals surface area contributed by atoms with Gasteiger partial charge in [-0.05, 0) is 58.2 Å². The van der Waals surface area contributed by atoms with Gasteiger partial charge in [0.15, 0.2) is 0 Å². The van der Waals surface area contributed by atoms with E-state index in [9.17, 15) is 5.11 Å². The Bertz CT molecular complexity index is 555. The third kappa shape index (κ3) is 4.11. The van der Waals surface area contributed by atoms with E-state index < -0.39 is 0 Å². The predicted molar refractivity (Wildman–Crippen MR) is 95.9 cm³/mol. The zero-order chi connectivity index (χ0) is 16.1. The zero-order valence-electron chi connectivity index (χ0n) is 14.0. The second-order valence-corrected chi connectivity index (χ2v) is 7.32. The fraction of sp³-hybridized carbons (Fsp3) is 0.474. The number of rotatable bonds is 7. The summed E-state index contributed by atoms with van der Waals surface area (Å²) in [5, 5.41) is 12.4. The van der Waals surface area contributed by atoms with Gasteiger partial charge in [0, 0.05) is 28.4 Å². The monoisotopic (exact) mass is 317 g/mol. The first kappa shape index (κ1) is 17.0. The van der Waals surface area contributed by atoms with E-state index in [0.717, 1.165) is 18.5 Å². The molecule has 1 atom stereocenters. The summed E-state index contributed by atoms with van der Waals surface area (Å²) in [6, 6.07) is 13.1. The van der Waals surface area contributed by atoms with Crippen LogP contribution in [0.25, 0.3) is 0 Å². The number of para-hydroxylation sites is 1. The van der Waals surface area contributed by atoms with Gasteiger partial charge in [-0.3, -0.25) is 4.90 Å². The van der Waals surface area contributed by atoms with E-state index in [2.05, 4.69) is 56.2 Å². The molecule has 0 saturated heterocycles. The lowest BCUT2D eigenvalue weighted by Crippen LogP contribution is -2.38. The number of phenolic OH excluding ortho intramolecular Hbond substituents is 1.